The van der Waals surface area contributed by atoms with Crippen molar-refractivity contribution in [3.8, 4) is 17.3 Å². The molecule has 0 saturated heterocycles. The first-order valence-corrected chi connectivity index (χ1v) is 10.6. The Morgan fingerprint density at radius 2 is 1.94 bits per heavy atom. The van der Waals surface area contributed by atoms with Gasteiger partial charge in [0.2, 0.25) is 5.95 Å². The molecule has 0 aliphatic rings. The zero-order chi connectivity index (χ0) is 23.5. The molecule has 9 heteroatoms. The number of methoxy groups -OCH3 is 1. The van der Waals surface area contributed by atoms with Crippen LogP contribution in [0.4, 0.5) is 23.0 Å². The predicted molar refractivity (Wildman–Crippen MR) is 133 cm³/mol. The van der Waals surface area contributed by atoms with Gasteiger partial charge in [0.05, 0.1) is 29.7 Å². The van der Waals surface area contributed by atoms with Crippen molar-refractivity contribution in [2.45, 2.75) is 0 Å². The molecular formula is C24H29N7O2. The summed E-state index contributed by atoms with van der Waals surface area (Å²) in [5, 5.41) is 14.1. The fraction of sp³-hybridized carbons (Fsp3) is 0.250. The summed E-state index contributed by atoms with van der Waals surface area (Å²) in [7, 11) is 7.71. The average molecular weight is 448 g/mol. The van der Waals surface area contributed by atoms with E-state index in [0.717, 1.165) is 29.7 Å². The van der Waals surface area contributed by atoms with E-state index in [2.05, 4.69) is 25.1 Å². The number of aromatic nitrogens is 3. The fourth-order valence-electron chi connectivity index (χ4n) is 3.67. The minimum Gasteiger partial charge on any atom is -0.507 e. The zero-order valence-corrected chi connectivity index (χ0v) is 19.3. The highest BCUT2D eigenvalue weighted by molar-refractivity contribution is 5.87. The van der Waals surface area contributed by atoms with Crippen LogP contribution in [0, 0.1) is 0 Å². The van der Waals surface area contributed by atoms with E-state index < -0.39 is 0 Å². The van der Waals surface area contributed by atoms with Crippen molar-refractivity contribution < 1.29 is 9.84 Å². The highest BCUT2D eigenvalue weighted by atomic mass is 16.5. The first-order valence-electron chi connectivity index (χ1n) is 10.6. The number of anilines is 4. The van der Waals surface area contributed by atoms with Crippen LogP contribution in [0.2, 0.25) is 0 Å². The number of benzene rings is 2. The van der Waals surface area contributed by atoms with Crippen LogP contribution in [-0.4, -0.2) is 65.9 Å². The monoisotopic (exact) mass is 447 g/mol. The standard InChI is InChI=1S/C24H29N7O2/c1-29(2)12-13-30(3)20-15-22(33-4)18(14-17(20)25)27-24-26-10-8-23(28-24)31-11-9-16-19(31)6-5-7-21(16)32/h5-11,14-15,32H,12-13,25H2,1-4H3,(H,26,27,28). The van der Waals surface area contributed by atoms with Crippen molar-refractivity contribution in [3.05, 3.63) is 54.9 Å². The van der Waals surface area contributed by atoms with Crippen molar-refractivity contribution in [1.29, 1.82) is 0 Å². The summed E-state index contributed by atoms with van der Waals surface area (Å²) in [4.78, 5) is 13.2. The molecule has 0 atom stereocenters. The summed E-state index contributed by atoms with van der Waals surface area (Å²) in [6.07, 6.45) is 3.55. The summed E-state index contributed by atoms with van der Waals surface area (Å²) in [6.45, 7) is 1.74. The lowest BCUT2D eigenvalue weighted by Gasteiger charge is -2.24. The normalized spacial score (nSPS) is 11.2. The van der Waals surface area contributed by atoms with E-state index in [0.29, 0.717) is 28.9 Å². The lowest BCUT2D eigenvalue weighted by molar-refractivity contribution is 0.413. The third kappa shape index (κ3) is 4.63. The summed E-state index contributed by atoms with van der Waals surface area (Å²) in [5.41, 5.74) is 9.42. The molecule has 4 N–H and O–H groups in total. The first-order chi connectivity index (χ1) is 15.9. The molecular weight excluding hydrogens is 418 g/mol. The number of aromatic hydroxyl groups is 1. The third-order valence-corrected chi connectivity index (χ3v) is 5.49. The number of hydrogen-bond donors (Lipinski definition) is 3. The largest absolute Gasteiger partial charge is 0.507 e. The zero-order valence-electron chi connectivity index (χ0n) is 19.3. The number of fused-ring (bicyclic) bond motifs is 1. The van der Waals surface area contributed by atoms with Crippen LogP contribution in [0.15, 0.2) is 54.9 Å². The van der Waals surface area contributed by atoms with E-state index in [4.69, 9.17) is 10.5 Å². The number of likely N-dealkylation sites (N-methyl/N-ethyl adjacent to an activating group) is 2. The Hall–Kier alpha value is -3.98. The summed E-state index contributed by atoms with van der Waals surface area (Å²) >= 11 is 0. The number of hydrogen-bond acceptors (Lipinski definition) is 8. The summed E-state index contributed by atoms with van der Waals surface area (Å²) in [6, 6.07) is 12.8. The number of nitrogens with zero attached hydrogens (tertiary/aromatic N) is 5. The van der Waals surface area contributed by atoms with E-state index in [-0.39, 0.29) is 5.75 Å². The number of nitrogen functional groups attached to an aromatic ring is 1. The smallest absolute Gasteiger partial charge is 0.229 e. The summed E-state index contributed by atoms with van der Waals surface area (Å²) in [5.74, 6) is 1.94. The van der Waals surface area contributed by atoms with Crippen molar-refractivity contribution in [2.75, 3.05) is 57.3 Å². The number of phenolic OH excluding ortho intramolecular Hbond substituents is 1. The Labute approximate surface area is 193 Å². The Morgan fingerprint density at radius 3 is 2.70 bits per heavy atom. The molecule has 0 amide bonds. The van der Waals surface area contributed by atoms with E-state index in [1.54, 1.807) is 25.4 Å². The molecule has 4 aromatic rings. The topological polar surface area (TPSA) is 105 Å². The van der Waals surface area contributed by atoms with Gasteiger partial charge in [-0.05, 0) is 44.4 Å². The van der Waals surface area contributed by atoms with Gasteiger partial charge in [0, 0.05) is 44.0 Å². The van der Waals surface area contributed by atoms with Gasteiger partial charge in [0.25, 0.3) is 0 Å². The van der Waals surface area contributed by atoms with Crippen LogP contribution in [0.1, 0.15) is 0 Å². The number of phenols is 1. The van der Waals surface area contributed by atoms with Crippen LogP contribution in [0.3, 0.4) is 0 Å². The van der Waals surface area contributed by atoms with E-state index in [9.17, 15) is 5.11 Å². The highest BCUT2D eigenvalue weighted by Crippen LogP contribution is 2.36. The predicted octanol–water partition coefficient (Wildman–Crippen LogP) is 3.46. The van der Waals surface area contributed by atoms with Crippen LogP contribution in [-0.2, 0) is 0 Å². The molecule has 0 fully saturated rings. The van der Waals surface area contributed by atoms with Crippen molar-refractivity contribution in [2.24, 2.45) is 0 Å². The number of nitrogens with one attached hydrogen (secondary N) is 1. The van der Waals surface area contributed by atoms with Gasteiger partial charge in [0.15, 0.2) is 0 Å². The molecule has 0 bridgehead atoms. The van der Waals surface area contributed by atoms with Gasteiger partial charge in [-0.3, -0.25) is 0 Å². The maximum Gasteiger partial charge on any atom is 0.229 e. The first kappa shape index (κ1) is 22.2. The lowest BCUT2D eigenvalue weighted by atomic mass is 10.2. The number of rotatable bonds is 8. The molecule has 172 valence electrons. The molecule has 4 rings (SSSR count). The van der Waals surface area contributed by atoms with Gasteiger partial charge in [-0.1, -0.05) is 6.07 Å². The lowest BCUT2D eigenvalue weighted by Crippen LogP contribution is -2.29. The molecule has 33 heavy (non-hydrogen) atoms. The molecule has 0 unspecified atom stereocenters. The second-order valence-electron chi connectivity index (χ2n) is 8.10. The SMILES string of the molecule is COc1cc(N(C)CCN(C)C)c(N)cc1Nc1nccc(-n2ccc3c(O)cccc32)n1. The van der Waals surface area contributed by atoms with E-state index >= 15 is 0 Å². The molecule has 0 aliphatic carbocycles. The van der Waals surface area contributed by atoms with Crippen molar-refractivity contribution in [1.82, 2.24) is 19.4 Å². The van der Waals surface area contributed by atoms with Crippen molar-refractivity contribution >= 4 is 33.9 Å². The maximum atomic E-state index is 10.1. The second kappa shape index (κ2) is 9.25. The third-order valence-electron chi connectivity index (χ3n) is 5.49. The highest BCUT2D eigenvalue weighted by Gasteiger charge is 2.14. The fourth-order valence-corrected chi connectivity index (χ4v) is 3.67. The van der Waals surface area contributed by atoms with E-state index in [1.165, 1.54) is 0 Å². The molecule has 2 aromatic heterocycles. The molecule has 0 spiro atoms. The minimum atomic E-state index is 0.231. The molecule has 2 aromatic carbocycles. The second-order valence-corrected chi connectivity index (χ2v) is 8.10. The molecule has 0 saturated carbocycles. The van der Waals surface area contributed by atoms with Gasteiger partial charge < -0.3 is 35.3 Å². The maximum absolute atomic E-state index is 10.1. The molecule has 2 heterocycles. The Bertz CT molecular complexity index is 1270. The van der Waals surface area contributed by atoms with E-state index in [1.807, 2.05) is 62.2 Å². The molecule has 9 nitrogen and oxygen atoms in total. The van der Waals surface area contributed by atoms with Crippen LogP contribution >= 0.6 is 0 Å². The Morgan fingerprint density at radius 1 is 1.12 bits per heavy atom. The Kier molecular flexibility index (Phi) is 6.23. The minimum absolute atomic E-state index is 0.231. The van der Waals surface area contributed by atoms with Gasteiger partial charge >= 0.3 is 0 Å². The quantitative estimate of drug-likeness (QED) is 0.353. The average Bonchev–Trinajstić information content (AvgIpc) is 3.23. The van der Waals surface area contributed by atoms with Gasteiger partial charge in [0.1, 0.15) is 17.3 Å². The van der Waals surface area contributed by atoms with Gasteiger partial charge in [-0.2, -0.15) is 4.98 Å². The molecule has 0 radical (unpaired) electrons. The van der Waals surface area contributed by atoms with Gasteiger partial charge in [-0.25, -0.2) is 4.98 Å². The van der Waals surface area contributed by atoms with Crippen LogP contribution in [0.25, 0.3) is 16.7 Å². The van der Waals surface area contributed by atoms with Crippen LogP contribution < -0.4 is 20.7 Å². The number of ether oxygens (including phenoxy) is 1. The van der Waals surface area contributed by atoms with Crippen molar-refractivity contribution in [3.63, 3.8) is 0 Å². The Balaban J connectivity index is 1.63. The van der Waals surface area contributed by atoms with Crippen LogP contribution in [0.5, 0.6) is 11.5 Å². The number of nitrogens with two attached hydrogens (primary N) is 1. The van der Waals surface area contributed by atoms with Gasteiger partial charge in [-0.15, -0.1) is 0 Å². The molecule has 0 aliphatic heterocycles. The summed E-state index contributed by atoms with van der Waals surface area (Å²) < 4.78 is 7.52.